The molecule has 1 atom stereocenters. The highest BCUT2D eigenvalue weighted by molar-refractivity contribution is 5.90. The lowest BCUT2D eigenvalue weighted by atomic mass is 10.1. The standard InChI is InChI=1S/C8H17N3O/c1-6(2)12-11-8-5-10-4-7(8)3-9/h6-7,10H,3-5,9H2,1-2H3/b11-8+. The van der Waals surface area contributed by atoms with Crippen LogP contribution < -0.4 is 11.1 Å². The molecule has 0 spiro atoms. The largest absolute Gasteiger partial charge is 0.393 e. The molecule has 1 unspecified atom stereocenters. The van der Waals surface area contributed by atoms with Crippen LogP contribution in [0.1, 0.15) is 13.8 Å². The van der Waals surface area contributed by atoms with Crippen LogP contribution in [0.2, 0.25) is 0 Å². The molecule has 1 aliphatic rings. The Balaban J connectivity index is 2.43. The molecule has 1 rings (SSSR count). The maximum absolute atomic E-state index is 5.55. The zero-order valence-electron chi connectivity index (χ0n) is 7.71. The molecule has 12 heavy (non-hydrogen) atoms. The number of nitrogens with one attached hydrogen (secondary N) is 1. The summed E-state index contributed by atoms with van der Waals surface area (Å²) in [6.45, 7) is 6.31. The first-order valence-corrected chi connectivity index (χ1v) is 4.37. The van der Waals surface area contributed by atoms with Crippen LogP contribution in [0.15, 0.2) is 5.16 Å². The predicted octanol–water partition coefficient (Wildman–Crippen LogP) is -0.0545. The highest BCUT2D eigenvalue weighted by Crippen LogP contribution is 2.04. The molecule has 1 aliphatic heterocycles. The van der Waals surface area contributed by atoms with Crippen molar-refractivity contribution in [3.8, 4) is 0 Å². The van der Waals surface area contributed by atoms with Crippen LogP contribution in [0.3, 0.4) is 0 Å². The van der Waals surface area contributed by atoms with E-state index in [1.165, 1.54) is 0 Å². The van der Waals surface area contributed by atoms with Crippen molar-refractivity contribution in [3.63, 3.8) is 0 Å². The monoisotopic (exact) mass is 171 g/mol. The number of hydrogen-bond donors (Lipinski definition) is 2. The predicted molar refractivity (Wildman–Crippen MR) is 49.1 cm³/mol. The van der Waals surface area contributed by atoms with Gasteiger partial charge in [-0.1, -0.05) is 5.16 Å². The van der Waals surface area contributed by atoms with E-state index in [-0.39, 0.29) is 6.10 Å². The van der Waals surface area contributed by atoms with E-state index in [9.17, 15) is 0 Å². The summed E-state index contributed by atoms with van der Waals surface area (Å²) in [4.78, 5) is 5.15. The lowest BCUT2D eigenvalue weighted by Crippen LogP contribution is -2.22. The quantitative estimate of drug-likeness (QED) is 0.585. The van der Waals surface area contributed by atoms with Crippen LogP contribution in [0.5, 0.6) is 0 Å². The van der Waals surface area contributed by atoms with Crippen molar-refractivity contribution in [2.75, 3.05) is 19.6 Å². The minimum atomic E-state index is 0.150. The van der Waals surface area contributed by atoms with Crippen LogP contribution >= 0.6 is 0 Å². The SMILES string of the molecule is CC(C)O/N=C1\CNCC1CN. The molecule has 70 valence electrons. The number of nitrogens with two attached hydrogens (primary N) is 1. The van der Waals surface area contributed by atoms with Gasteiger partial charge in [-0.2, -0.15) is 0 Å². The third-order valence-corrected chi connectivity index (χ3v) is 1.83. The highest BCUT2D eigenvalue weighted by atomic mass is 16.6. The molecule has 0 saturated carbocycles. The molecule has 1 fully saturated rings. The average Bonchev–Trinajstić information content (AvgIpc) is 2.47. The lowest BCUT2D eigenvalue weighted by molar-refractivity contribution is 0.0848. The molecule has 0 radical (unpaired) electrons. The maximum atomic E-state index is 5.55. The normalized spacial score (nSPS) is 27.0. The van der Waals surface area contributed by atoms with Crippen molar-refractivity contribution in [2.45, 2.75) is 20.0 Å². The molecule has 0 aromatic rings. The van der Waals surface area contributed by atoms with E-state index in [0.29, 0.717) is 12.5 Å². The van der Waals surface area contributed by atoms with Gasteiger partial charge in [0, 0.05) is 25.6 Å². The summed E-state index contributed by atoms with van der Waals surface area (Å²) in [6, 6.07) is 0. The van der Waals surface area contributed by atoms with Crippen LogP contribution in [-0.4, -0.2) is 31.4 Å². The Labute approximate surface area is 73.1 Å². The Hall–Kier alpha value is -0.610. The molecule has 3 N–H and O–H groups in total. The van der Waals surface area contributed by atoms with Crippen molar-refractivity contribution in [2.24, 2.45) is 16.8 Å². The van der Waals surface area contributed by atoms with Gasteiger partial charge in [-0.15, -0.1) is 0 Å². The second-order valence-electron chi connectivity index (χ2n) is 3.30. The van der Waals surface area contributed by atoms with Crippen molar-refractivity contribution >= 4 is 5.71 Å². The summed E-state index contributed by atoms with van der Waals surface area (Å²) in [5.74, 6) is 0.365. The van der Waals surface area contributed by atoms with Gasteiger partial charge < -0.3 is 15.9 Å². The van der Waals surface area contributed by atoms with Crippen LogP contribution in [-0.2, 0) is 4.84 Å². The minimum absolute atomic E-state index is 0.150. The molecule has 0 bridgehead atoms. The lowest BCUT2D eigenvalue weighted by Gasteiger charge is -2.07. The molecule has 0 aromatic heterocycles. The maximum Gasteiger partial charge on any atom is 0.122 e. The van der Waals surface area contributed by atoms with E-state index in [4.69, 9.17) is 10.6 Å². The van der Waals surface area contributed by atoms with Gasteiger partial charge in [0.1, 0.15) is 6.10 Å². The van der Waals surface area contributed by atoms with Gasteiger partial charge in [0.15, 0.2) is 0 Å². The van der Waals surface area contributed by atoms with E-state index < -0.39 is 0 Å². The fourth-order valence-electron chi connectivity index (χ4n) is 1.14. The second-order valence-corrected chi connectivity index (χ2v) is 3.30. The number of rotatable bonds is 3. The highest BCUT2D eigenvalue weighted by Gasteiger charge is 2.21. The third-order valence-electron chi connectivity index (χ3n) is 1.83. The van der Waals surface area contributed by atoms with Gasteiger partial charge in [-0.25, -0.2) is 0 Å². The first kappa shape index (κ1) is 9.48. The van der Waals surface area contributed by atoms with E-state index in [2.05, 4.69) is 10.5 Å². The van der Waals surface area contributed by atoms with Gasteiger partial charge in [0.05, 0.1) is 5.71 Å². The minimum Gasteiger partial charge on any atom is -0.393 e. The van der Waals surface area contributed by atoms with Crippen LogP contribution in [0, 0.1) is 5.92 Å². The molecular weight excluding hydrogens is 154 g/mol. The second kappa shape index (κ2) is 4.42. The third kappa shape index (κ3) is 2.46. The van der Waals surface area contributed by atoms with Crippen molar-refractivity contribution in [1.29, 1.82) is 0 Å². The van der Waals surface area contributed by atoms with Gasteiger partial charge in [0.2, 0.25) is 0 Å². The number of oxime groups is 1. The Morgan fingerprint density at radius 3 is 3.08 bits per heavy atom. The summed E-state index contributed by atoms with van der Waals surface area (Å²) in [5.41, 5.74) is 6.60. The van der Waals surface area contributed by atoms with Crippen molar-refractivity contribution < 1.29 is 4.84 Å². The molecule has 0 aliphatic carbocycles. The summed E-state index contributed by atoms with van der Waals surface area (Å²) in [5, 5.41) is 7.26. The molecule has 4 heteroatoms. The first-order valence-electron chi connectivity index (χ1n) is 4.37. The summed E-state index contributed by atoms with van der Waals surface area (Å²) in [7, 11) is 0. The Kier molecular flexibility index (Phi) is 3.49. The van der Waals surface area contributed by atoms with Gasteiger partial charge >= 0.3 is 0 Å². The van der Waals surface area contributed by atoms with Gasteiger partial charge in [0.25, 0.3) is 0 Å². The molecule has 4 nitrogen and oxygen atoms in total. The fraction of sp³-hybridized carbons (Fsp3) is 0.875. The molecule has 0 aromatic carbocycles. The first-order chi connectivity index (χ1) is 5.74. The molecule has 1 heterocycles. The topological polar surface area (TPSA) is 59.6 Å². The van der Waals surface area contributed by atoms with E-state index in [1.807, 2.05) is 13.8 Å². The van der Waals surface area contributed by atoms with Crippen molar-refractivity contribution in [1.82, 2.24) is 5.32 Å². The fourth-order valence-corrected chi connectivity index (χ4v) is 1.14. The average molecular weight is 171 g/mol. The Bertz CT molecular complexity index is 168. The van der Waals surface area contributed by atoms with E-state index in [0.717, 1.165) is 18.8 Å². The van der Waals surface area contributed by atoms with Gasteiger partial charge in [-0.3, -0.25) is 0 Å². The summed E-state index contributed by atoms with van der Waals surface area (Å²) >= 11 is 0. The van der Waals surface area contributed by atoms with Crippen LogP contribution in [0.4, 0.5) is 0 Å². The zero-order chi connectivity index (χ0) is 8.97. The molecule has 1 saturated heterocycles. The number of hydrogen-bond acceptors (Lipinski definition) is 4. The smallest absolute Gasteiger partial charge is 0.122 e. The van der Waals surface area contributed by atoms with Gasteiger partial charge in [-0.05, 0) is 13.8 Å². The summed E-state index contributed by atoms with van der Waals surface area (Å²) in [6.07, 6.45) is 0.150. The summed E-state index contributed by atoms with van der Waals surface area (Å²) < 4.78 is 0. The zero-order valence-corrected chi connectivity index (χ0v) is 7.71. The van der Waals surface area contributed by atoms with Crippen LogP contribution in [0.25, 0.3) is 0 Å². The van der Waals surface area contributed by atoms with E-state index >= 15 is 0 Å². The van der Waals surface area contributed by atoms with Crippen molar-refractivity contribution in [3.05, 3.63) is 0 Å². The Morgan fingerprint density at radius 2 is 2.50 bits per heavy atom. The molecule has 0 amide bonds. The Morgan fingerprint density at radius 1 is 1.75 bits per heavy atom. The van der Waals surface area contributed by atoms with E-state index in [1.54, 1.807) is 0 Å². The molecular formula is C8H17N3O. The number of nitrogens with zero attached hydrogens (tertiary/aromatic N) is 1.